The minimum atomic E-state index is -0.400. The molecule has 1 aliphatic rings. The molecule has 2 heterocycles. The Balaban J connectivity index is 1.56. The predicted octanol–water partition coefficient (Wildman–Crippen LogP) is 3.46. The van der Waals surface area contributed by atoms with E-state index in [1.165, 1.54) is 18.3 Å². The Morgan fingerprint density at radius 3 is 2.78 bits per heavy atom. The van der Waals surface area contributed by atoms with E-state index in [-0.39, 0.29) is 11.7 Å². The van der Waals surface area contributed by atoms with E-state index in [0.29, 0.717) is 30.8 Å². The van der Waals surface area contributed by atoms with Gasteiger partial charge in [0.05, 0.1) is 16.8 Å². The lowest BCUT2D eigenvalue weighted by atomic mass is 10.1. The van der Waals surface area contributed by atoms with Gasteiger partial charge in [-0.25, -0.2) is 4.39 Å². The first kappa shape index (κ1) is 17.0. The van der Waals surface area contributed by atoms with E-state index in [9.17, 15) is 14.4 Å². The summed E-state index contributed by atoms with van der Waals surface area (Å²) in [5.74, 6) is -0.316. The van der Waals surface area contributed by atoms with Crippen LogP contribution in [0.3, 0.4) is 0 Å². The van der Waals surface area contributed by atoms with Crippen LogP contribution in [0.25, 0.3) is 10.9 Å². The molecule has 6 heteroatoms. The van der Waals surface area contributed by atoms with Gasteiger partial charge in [-0.2, -0.15) is 5.26 Å². The van der Waals surface area contributed by atoms with E-state index in [4.69, 9.17) is 0 Å². The molecule has 3 aromatic rings. The van der Waals surface area contributed by atoms with Gasteiger partial charge >= 0.3 is 0 Å². The predicted molar refractivity (Wildman–Crippen MR) is 100 cm³/mol. The van der Waals surface area contributed by atoms with Crippen molar-refractivity contribution in [1.29, 1.82) is 5.26 Å². The Kier molecular flexibility index (Phi) is 4.43. The van der Waals surface area contributed by atoms with Gasteiger partial charge in [-0.05, 0) is 30.2 Å². The Hall–Kier alpha value is -3.46. The quantitative estimate of drug-likeness (QED) is 0.774. The standard InChI is InChI=1S/C21H17FN4O/c22-16-7-5-14(6-8-16)13-26-10-9-19(21(26)27)25-20-15(11-23)12-24-18-4-2-1-3-17(18)20/h1-8,12,19H,9-10,13H2,(H,24,25). The van der Waals surface area contributed by atoms with E-state index in [0.717, 1.165) is 16.5 Å². The van der Waals surface area contributed by atoms with Crippen LogP contribution in [-0.4, -0.2) is 28.4 Å². The fraction of sp³-hybridized carbons (Fsp3) is 0.190. The number of para-hydroxylation sites is 1. The summed E-state index contributed by atoms with van der Waals surface area (Å²) in [7, 11) is 0. The van der Waals surface area contributed by atoms with E-state index in [2.05, 4.69) is 16.4 Å². The zero-order chi connectivity index (χ0) is 18.8. The van der Waals surface area contributed by atoms with Crippen LogP contribution in [0.4, 0.5) is 10.1 Å². The van der Waals surface area contributed by atoms with Gasteiger partial charge in [0.25, 0.3) is 0 Å². The van der Waals surface area contributed by atoms with Crippen LogP contribution in [0.1, 0.15) is 17.5 Å². The fourth-order valence-electron chi connectivity index (χ4n) is 3.40. The number of nitriles is 1. The van der Waals surface area contributed by atoms with E-state index in [1.807, 2.05) is 24.3 Å². The second kappa shape index (κ2) is 7.04. The maximum absolute atomic E-state index is 13.1. The molecule has 1 unspecified atom stereocenters. The maximum Gasteiger partial charge on any atom is 0.245 e. The van der Waals surface area contributed by atoms with Crippen molar-refractivity contribution in [2.45, 2.75) is 19.0 Å². The number of hydrogen-bond donors (Lipinski definition) is 1. The number of aromatic nitrogens is 1. The first-order chi connectivity index (χ1) is 13.2. The lowest BCUT2D eigenvalue weighted by Crippen LogP contribution is -2.33. The molecule has 5 nitrogen and oxygen atoms in total. The third-order valence-electron chi connectivity index (χ3n) is 4.80. The molecule has 1 aromatic heterocycles. The lowest BCUT2D eigenvalue weighted by molar-refractivity contribution is -0.128. The SMILES string of the molecule is N#Cc1cnc2ccccc2c1NC1CCN(Cc2ccc(F)cc2)C1=O. The van der Waals surface area contributed by atoms with Gasteiger partial charge in [-0.1, -0.05) is 30.3 Å². The average molecular weight is 360 g/mol. The summed E-state index contributed by atoms with van der Waals surface area (Å²) in [4.78, 5) is 18.9. The molecule has 0 aliphatic carbocycles. The average Bonchev–Trinajstić information content (AvgIpc) is 3.03. The summed E-state index contributed by atoms with van der Waals surface area (Å²) in [5, 5.41) is 13.5. The van der Waals surface area contributed by atoms with Crippen molar-refractivity contribution >= 4 is 22.5 Å². The van der Waals surface area contributed by atoms with Crippen LogP contribution in [0.5, 0.6) is 0 Å². The summed E-state index contributed by atoms with van der Waals surface area (Å²) in [6, 6.07) is 15.4. The van der Waals surface area contributed by atoms with Gasteiger partial charge in [0.2, 0.25) is 5.91 Å². The Morgan fingerprint density at radius 2 is 2.00 bits per heavy atom. The first-order valence-corrected chi connectivity index (χ1v) is 8.73. The number of anilines is 1. The summed E-state index contributed by atoms with van der Waals surface area (Å²) < 4.78 is 13.1. The van der Waals surface area contributed by atoms with Crippen LogP contribution < -0.4 is 5.32 Å². The van der Waals surface area contributed by atoms with E-state index in [1.54, 1.807) is 17.0 Å². The number of hydrogen-bond acceptors (Lipinski definition) is 4. The van der Waals surface area contributed by atoms with Crippen molar-refractivity contribution in [3.05, 3.63) is 71.7 Å². The highest BCUT2D eigenvalue weighted by Gasteiger charge is 2.32. The topological polar surface area (TPSA) is 69.0 Å². The van der Waals surface area contributed by atoms with Crippen molar-refractivity contribution in [3.8, 4) is 6.07 Å². The molecule has 27 heavy (non-hydrogen) atoms. The second-order valence-electron chi connectivity index (χ2n) is 6.55. The van der Waals surface area contributed by atoms with Crippen molar-refractivity contribution in [2.75, 3.05) is 11.9 Å². The van der Waals surface area contributed by atoms with Crippen molar-refractivity contribution < 1.29 is 9.18 Å². The van der Waals surface area contributed by atoms with Crippen molar-refractivity contribution in [1.82, 2.24) is 9.88 Å². The normalized spacial score (nSPS) is 16.5. The number of pyridine rings is 1. The smallest absolute Gasteiger partial charge is 0.245 e. The summed E-state index contributed by atoms with van der Waals surface area (Å²) >= 11 is 0. The number of nitrogens with zero attached hydrogens (tertiary/aromatic N) is 3. The monoisotopic (exact) mass is 360 g/mol. The molecule has 1 saturated heterocycles. The molecule has 1 N–H and O–H groups in total. The molecule has 1 aliphatic heterocycles. The molecule has 4 rings (SSSR count). The number of rotatable bonds is 4. The Bertz CT molecular complexity index is 1040. The van der Waals surface area contributed by atoms with Crippen LogP contribution in [0.2, 0.25) is 0 Å². The van der Waals surface area contributed by atoms with Crippen LogP contribution >= 0.6 is 0 Å². The van der Waals surface area contributed by atoms with Crippen LogP contribution in [0.15, 0.2) is 54.7 Å². The van der Waals surface area contributed by atoms with Gasteiger partial charge in [-0.15, -0.1) is 0 Å². The number of fused-ring (bicyclic) bond motifs is 1. The summed E-state index contributed by atoms with van der Waals surface area (Å²) in [5.41, 5.74) is 2.72. The summed E-state index contributed by atoms with van der Waals surface area (Å²) in [6.45, 7) is 1.05. The van der Waals surface area contributed by atoms with Crippen LogP contribution in [0, 0.1) is 17.1 Å². The Morgan fingerprint density at radius 1 is 1.22 bits per heavy atom. The maximum atomic E-state index is 13.1. The zero-order valence-corrected chi connectivity index (χ0v) is 14.5. The van der Waals surface area contributed by atoms with Crippen molar-refractivity contribution in [2.24, 2.45) is 0 Å². The number of nitrogens with one attached hydrogen (secondary N) is 1. The molecule has 0 saturated carbocycles. The second-order valence-corrected chi connectivity index (χ2v) is 6.55. The molecule has 2 aromatic carbocycles. The third kappa shape index (κ3) is 3.32. The van der Waals surface area contributed by atoms with Crippen molar-refractivity contribution in [3.63, 3.8) is 0 Å². The molecule has 1 amide bonds. The van der Waals surface area contributed by atoms with Gasteiger partial charge in [0, 0.05) is 24.7 Å². The third-order valence-corrected chi connectivity index (χ3v) is 4.80. The highest BCUT2D eigenvalue weighted by atomic mass is 19.1. The van der Waals surface area contributed by atoms with E-state index >= 15 is 0 Å². The molecule has 0 radical (unpaired) electrons. The van der Waals surface area contributed by atoms with Gasteiger partial charge in [0.15, 0.2) is 0 Å². The molecule has 0 spiro atoms. The zero-order valence-electron chi connectivity index (χ0n) is 14.5. The lowest BCUT2D eigenvalue weighted by Gasteiger charge is -2.19. The number of amides is 1. The molecule has 1 fully saturated rings. The largest absolute Gasteiger partial charge is 0.372 e. The highest BCUT2D eigenvalue weighted by molar-refractivity contribution is 5.96. The molecule has 0 bridgehead atoms. The number of carbonyl (C=O) groups excluding carboxylic acids is 1. The Labute approximate surface area is 156 Å². The van der Waals surface area contributed by atoms with Crippen LogP contribution in [-0.2, 0) is 11.3 Å². The van der Waals surface area contributed by atoms with Gasteiger partial charge in [0.1, 0.15) is 17.9 Å². The molecular formula is C21H17FN4O. The minimum Gasteiger partial charge on any atom is -0.372 e. The summed E-state index contributed by atoms with van der Waals surface area (Å²) in [6.07, 6.45) is 2.17. The van der Waals surface area contributed by atoms with Gasteiger partial charge in [-0.3, -0.25) is 9.78 Å². The molecule has 1 atom stereocenters. The molecular weight excluding hydrogens is 343 g/mol. The van der Waals surface area contributed by atoms with Gasteiger partial charge < -0.3 is 10.2 Å². The molecule has 134 valence electrons. The number of halogens is 1. The number of likely N-dealkylation sites (tertiary alicyclic amines) is 1. The minimum absolute atomic E-state index is 0.0240. The number of carbonyl (C=O) groups is 1. The fourth-order valence-corrected chi connectivity index (χ4v) is 3.40. The first-order valence-electron chi connectivity index (χ1n) is 8.73. The highest BCUT2D eigenvalue weighted by Crippen LogP contribution is 2.28. The van der Waals surface area contributed by atoms with E-state index < -0.39 is 6.04 Å². The number of benzene rings is 2.